The van der Waals surface area contributed by atoms with E-state index in [0.717, 1.165) is 51.4 Å². The maximum atomic E-state index is 11.8. The van der Waals surface area contributed by atoms with E-state index >= 15 is 0 Å². The van der Waals surface area contributed by atoms with Crippen LogP contribution in [-0.2, 0) is 14.4 Å². The Hall–Kier alpha value is -1.63. The second-order valence-electron chi connectivity index (χ2n) is 5.68. The number of unbranched alkanes of at least 4 members (excludes halogenated alkanes) is 7. The summed E-state index contributed by atoms with van der Waals surface area (Å²) in [5.74, 6) is -0.898. The minimum absolute atomic E-state index is 0.180. The van der Waals surface area contributed by atoms with E-state index in [-0.39, 0.29) is 12.3 Å². The van der Waals surface area contributed by atoms with Crippen molar-refractivity contribution in [2.75, 3.05) is 13.1 Å². The average molecular weight is 329 g/mol. The van der Waals surface area contributed by atoms with Gasteiger partial charge in [0.05, 0.1) is 0 Å². The van der Waals surface area contributed by atoms with Gasteiger partial charge in [-0.25, -0.2) is 0 Å². The third-order valence-corrected chi connectivity index (χ3v) is 3.66. The third-order valence-electron chi connectivity index (χ3n) is 3.66. The Kier molecular flexibility index (Phi) is 14.2. The molecule has 2 amide bonds. The first-order valence-corrected chi connectivity index (χ1v) is 8.51. The second-order valence-corrected chi connectivity index (χ2v) is 5.68. The van der Waals surface area contributed by atoms with Crippen LogP contribution in [-0.4, -0.2) is 42.5 Å². The number of amides is 2. The van der Waals surface area contributed by atoms with Crippen molar-refractivity contribution in [3.05, 3.63) is 0 Å². The van der Waals surface area contributed by atoms with E-state index in [2.05, 4.69) is 10.6 Å². The van der Waals surface area contributed by atoms with Crippen molar-refractivity contribution < 1.29 is 19.5 Å². The van der Waals surface area contributed by atoms with Gasteiger partial charge < -0.3 is 21.5 Å². The monoisotopic (exact) mass is 329 g/mol. The van der Waals surface area contributed by atoms with Gasteiger partial charge in [-0.1, -0.05) is 38.5 Å². The Morgan fingerprint density at radius 1 is 1.00 bits per heavy atom. The summed E-state index contributed by atoms with van der Waals surface area (Å²) in [7, 11) is 0. The van der Waals surface area contributed by atoms with Gasteiger partial charge in [0.25, 0.3) is 0 Å². The summed E-state index contributed by atoms with van der Waals surface area (Å²) >= 11 is 0. The fraction of sp³-hybridized carbons (Fsp3) is 0.812. The Morgan fingerprint density at radius 3 is 2.09 bits per heavy atom. The van der Waals surface area contributed by atoms with Crippen LogP contribution in [0.5, 0.6) is 0 Å². The zero-order valence-electron chi connectivity index (χ0n) is 13.9. The van der Waals surface area contributed by atoms with Crippen LogP contribution in [0.15, 0.2) is 0 Å². The number of hydrogen-bond acceptors (Lipinski definition) is 4. The van der Waals surface area contributed by atoms with Crippen LogP contribution in [0.1, 0.15) is 64.2 Å². The van der Waals surface area contributed by atoms with Gasteiger partial charge in [-0.05, 0) is 25.8 Å². The van der Waals surface area contributed by atoms with Crippen molar-refractivity contribution >= 4 is 18.3 Å². The number of nitrogens with one attached hydrogen (secondary N) is 2. The van der Waals surface area contributed by atoms with Crippen LogP contribution in [0.25, 0.3) is 0 Å². The molecule has 0 unspecified atom stereocenters. The van der Waals surface area contributed by atoms with Crippen LogP contribution in [0, 0.1) is 0 Å². The molecule has 23 heavy (non-hydrogen) atoms. The van der Waals surface area contributed by atoms with E-state index in [1.807, 2.05) is 0 Å². The van der Waals surface area contributed by atoms with Crippen molar-refractivity contribution in [2.24, 2.45) is 5.73 Å². The molecule has 134 valence electrons. The molecule has 0 radical (unpaired) electrons. The summed E-state index contributed by atoms with van der Waals surface area (Å²) in [6.07, 6.45) is 9.42. The summed E-state index contributed by atoms with van der Waals surface area (Å²) < 4.78 is 0. The molecule has 0 rings (SSSR count). The number of carbonyl (C=O) groups excluding carboxylic acids is 2. The Balaban J connectivity index is 3.42. The second kappa shape index (κ2) is 15.3. The smallest absolute Gasteiger partial charge is 0.303 e. The molecule has 0 saturated heterocycles. The molecular formula is C16H31N3O4. The van der Waals surface area contributed by atoms with Crippen molar-refractivity contribution in [2.45, 2.75) is 70.3 Å². The van der Waals surface area contributed by atoms with E-state index in [1.165, 1.54) is 0 Å². The molecule has 0 aliphatic carbocycles. The quantitative estimate of drug-likeness (QED) is 0.250. The molecular weight excluding hydrogens is 298 g/mol. The largest absolute Gasteiger partial charge is 0.481 e. The lowest BCUT2D eigenvalue weighted by Crippen LogP contribution is -2.45. The van der Waals surface area contributed by atoms with Crippen molar-refractivity contribution in [3.63, 3.8) is 0 Å². The number of carbonyl (C=O) groups is 3. The van der Waals surface area contributed by atoms with E-state index in [0.29, 0.717) is 25.9 Å². The number of carboxylic acid groups (broad SMARTS) is 1. The van der Waals surface area contributed by atoms with E-state index in [9.17, 15) is 14.4 Å². The predicted octanol–water partition coefficient (Wildman–Crippen LogP) is 1.16. The van der Waals surface area contributed by atoms with E-state index < -0.39 is 12.0 Å². The standard InChI is InChI=1S/C16H31N3O4/c17-11-10-14(19-13-20)16(23)18-12-8-6-4-2-1-3-5-7-9-15(21)22/h13-14H,1-12,17H2,(H,18,23)(H,19,20)(H,21,22)/t14-/m0/s1. The molecule has 0 fully saturated rings. The maximum Gasteiger partial charge on any atom is 0.303 e. The summed E-state index contributed by atoms with van der Waals surface area (Å²) in [5, 5.41) is 13.8. The number of rotatable bonds is 16. The number of aliphatic carboxylic acids is 1. The number of hydrogen-bond donors (Lipinski definition) is 4. The van der Waals surface area contributed by atoms with Gasteiger partial charge >= 0.3 is 5.97 Å². The first-order valence-electron chi connectivity index (χ1n) is 8.51. The highest BCUT2D eigenvalue weighted by atomic mass is 16.4. The Labute approximate surface area is 138 Å². The highest BCUT2D eigenvalue weighted by molar-refractivity contribution is 5.83. The van der Waals surface area contributed by atoms with E-state index in [1.54, 1.807) is 0 Å². The molecule has 0 spiro atoms. The van der Waals surface area contributed by atoms with Crippen molar-refractivity contribution in [1.82, 2.24) is 10.6 Å². The lowest BCUT2D eigenvalue weighted by atomic mass is 10.1. The molecule has 0 aromatic heterocycles. The number of nitrogens with two attached hydrogens (primary N) is 1. The molecule has 0 saturated carbocycles. The van der Waals surface area contributed by atoms with Gasteiger partial charge in [0.1, 0.15) is 6.04 Å². The summed E-state index contributed by atoms with van der Waals surface area (Å²) in [5.41, 5.74) is 5.40. The Bertz CT molecular complexity index is 337. The molecule has 0 bridgehead atoms. The third kappa shape index (κ3) is 13.7. The minimum Gasteiger partial charge on any atom is -0.481 e. The van der Waals surface area contributed by atoms with Crippen LogP contribution in [0.3, 0.4) is 0 Å². The Morgan fingerprint density at radius 2 is 1.57 bits per heavy atom. The van der Waals surface area contributed by atoms with Crippen LogP contribution in [0.2, 0.25) is 0 Å². The molecule has 1 atom stereocenters. The average Bonchev–Trinajstić information content (AvgIpc) is 2.51. The van der Waals surface area contributed by atoms with Gasteiger partial charge in [-0.2, -0.15) is 0 Å². The normalized spacial score (nSPS) is 11.7. The van der Waals surface area contributed by atoms with Gasteiger partial charge in [-0.15, -0.1) is 0 Å². The van der Waals surface area contributed by atoms with Gasteiger partial charge in [0, 0.05) is 13.0 Å². The summed E-state index contributed by atoms with van der Waals surface area (Å²) in [6, 6.07) is -0.539. The van der Waals surface area contributed by atoms with E-state index in [4.69, 9.17) is 10.8 Å². The fourth-order valence-corrected chi connectivity index (χ4v) is 2.34. The SMILES string of the molecule is NCC[C@H](NC=O)C(=O)NCCCCCCCCCCC(=O)O. The van der Waals surface area contributed by atoms with Crippen molar-refractivity contribution in [1.29, 1.82) is 0 Å². The molecule has 0 aromatic rings. The van der Waals surface area contributed by atoms with Crippen LogP contribution >= 0.6 is 0 Å². The fourth-order valence-electron chi connectivity index (χ4n) is 2.34. The topological polar surface area (TPSA) is 122 Å². The molecule has 5 N–H and O–H groups in total. The molecule has 0 aliphatic heterocycles. The molecule has 7 heteroatoms. The van der Waals surface area contributed by atoms with Crippen LogP contribution < -0.4 is 16.4 Å². The van der Waals surface area contributed by atoms with Gasteiger partial charge in [0.2, 0.25) is 12.3 Å². The summed E-state index contributed by atoms with van der Waals surface area (Å²) in [4.78, 5) is 32.5. The molecule has 7 nitrogen and oxygen atoms in total. The predicted molar refractivity (Wildman–Crippen MR) is 88.9 cm³/mol. The highest BCUT2D eigenvalue weighted by Gasteiger charge is 2.15. The first-order chi connectivity index (χ1) is 11.1. The number of carboxylic acids is 1. The molecule has 0 aromatic carbocycles. The zero-order chi connectivity index (χ0) is 17.3. The first kappa shape index (κ1) is 21.4. The highest BCUT2D eigenvalue weighted by Crippen LogP contribution is 2.09. The lowest BCUT2D eigenvalue weighted by molar-refractivity contribution is -0.137. The van der Waals surface area contributed by atoms with Crippen molar-refractivity contribution in [3.8, 4) is 0 Å². The van der Waals surface area contributed by atoms with Gasteiger partial charge in [0.15, 0.2) is 0 Å². The molecule has 0 heterocycles. The molecule has 0 aliphatic rings. The van der Waals surface area contributed by atoms with Crippen LogP contribution in [0.4, 0.5) is 0 Å². The zero-order valence-corrected chi connectivity index (χ0v) is 13.9. The lowest BCUT2D eigenvalue weighted by Gasteiger charge is -2.14. The maximum absolute atomic E-state index is 11.8. The van der Waals surface area contributed by atoms with Gasteiger partial charge in [-0.3, -0.25) is 14.4 Å². The summed E-state index contributed by atoms with van der Waals surface area (Å²) in [6.45, 7) is 0.963. The minimum atomic E-state index is -0.718.